The third-order valence-corrected chi connectivity index (χ3v) is 5.25. The average molecular weight is 449 g/mol. The van der Waals surface area contributed by atoms with Crippen LogP contribution in [0.25, 0.3) is 22.2 Å². The van der Waals surface area contributed by atoms with Crippen molar-refractivity contribution >= 4 is 26.6 Å². The second-order valence-electron chi connectivity index (χ2n) is 7.21. The first-order valence-electron chi connectivity index (χ1n) is 9.13. The molecule has 0 fully saturated rings. The fourth-order valence-electron chi connectivity index (χ4n) is 3.31. The molecule has 4 aromatic rings. The number of halogens is 3. The number of benzene rings is 2. The molecule has 0 saturated carbocycles. The Morgan fingerprint density at radius 2 is 1.81 bits per heavy atom. The van der Waals surface area contributed by atoms with Crippen LogP contribution in [0.15, 0.2) is 54.9 Å². The molecule has 11 heteroatoms. The van der Waals surface area contributed by atoms with E-state index in [0.29, 0.717) is 27.8 Å². The SMILES string of the molecule is Cn1cc(-c2nn(Cc3ccc(C(F)(F)F)cc3)c3ccc(NS(C)(=O)=O)cc23)cn1. The smallest absolute Gasteiger partial charge is 0.284 e. The van der Waals surface area contributed by atoms with Crippen LogP contribution < -0.4 is 4.72 Å². The van der Waals surface area contributed by atoms with Crippen molar-refractivity contribution in [1.29, 1.82) is 0 Å². The summed E-state index contributed by atoms with van der Waals surface area (Å²) in [6.45, 7) is 0.244. The molecule has 0 spiro atoms. The maximum Gasteiger partial charge on any atom is 0.416 e. The van der Waals surface area contributed by atoms with Gasteiger partial charge < -0.3 is 0 Å². The molecular formula is C20H18F3N5O2S. The van der Waals surface area contributed by atoms with Crippen molar-refractivity contribution in [3.8, 4) is 11.3 Å². The number of alkyl halides is 3. The second-order valence-corrected chi connectivity index (χ2v) is 8.96. The molecule has 2 heterocycles. The van der Waals surface area contributed by atoms with E-state index in [-0.39, 0.29) is 6.54 Å². The van der Waals surface area contributed by atoms with Crippen molar-refractivity contribution in [2.75, 3.05) is 11.0 Å². The standard InChI is InChI=1S/C20H18F3N5O2S/c1-27-12-14(10-24-27)19-17-9-16(26-31(2,29)30)7-8-18(17)28(25-19)11-13-3-5-15(6-4-13)20(21,22)23/h3-10,12,26H,11H2,1-2H3. The molecule has 7 nitrogen and oxygen atoms in total. The summed E-state index contributed by atoms with van der Waals surface area (Å²) in [4.78, 5) is 0. The Bertz CT molecular complexity index is 1360. The first-order valence-corrected chi connectivity index (χ1v) is 11.0. The van der Waals surface area contributed by atoms with Crippen molar-refractivity contribution in [2.45, 2.75) is 12.7 Å². The summed E-state index contributed by atoms with van der Waals surface area (Å²) in [5.74, 6) is 0. The Morgan fingerprint density at radius 3 is 2.39 bits per heavy atom. The van der Waals surface area contributed by atoms with E-state index in [2.05, 4.69) is 14.9 Å². The minimum absolute atomic E-state index is 0.244. The fraction of sp³-hybridized carbons (Fsp3) is 0.200. The van der Waals surface area contributed by atoms with E-state index >= 15 is 0 Å². The van der Waals surface area contributed by atoms with E-state index < -0.39 is 21.8 Å². The van der Waals surface area contributed by atoms with Gasteiger partial charge in [-0.15, -0.1) is 0 Å². The molecule has 31 heavy (non-hydrogen) atoms. The molecule has 0 aliphatic carbocycles. The molecule has 2 aromatic heterocycles. The number of anilines is 1. The average Bonchev–Trinajstić information content (AvgIpc) is 3.24. The Kier molecular flexibility index (Phi) is 5.00. The van der Waals surface area contributed by atoms with Gasteiger partial charge >= 0.3 is 6.18 Å². The lowest BCUT2D eigenvalue weighted by Gasteiger charge is -2.08. The van der Waals surface area contributed by atoms with Crippen LogP contribution in [-0.4, -0.2) is 34.2 Å². The van der Waals surface area contributed by atoms with Gasteiger partial charge in [-0.25, -0.2) is 8.42 Å². The highest BCUT2D eigenvalue weighted by Crippen LogP contribution is 2.32. The van der Waals surface area contributed by atoms with Crippen LogP contribution in [-0.2, 0) is 29.8 Å². The molecule has 162 valence electrons. The number of hydrogen-bond acceptors (Lipinski definition) is 4. The van der Waals surface area contributed by atoms with Gasteiger partial charge in [0.2, 0.25) is 10.0 Å². The van der Waals surface area contributed by atoms with Gasteiger partial charge in [-0.05, 0) is 35.9 Å². The predicted molar refractivity (Wildman–Crippen MR) is 111 cm³/mol. The monoisotopic (exact) mass is 449 g/mol. The summed E-state index contributed by atoms with van der Waals surface area (Å²) in [6, 6.07) is 9.92. The molecular weight excluding hydrogens is 431 g/mol. The lowest BCUT2D eigenvalue weighted by molar-refractivity contribution is -0.137. The molecule has 1 N–H and O–H groups in total. The molecule has 0 saturated heterocycles. The zero-order valence-corrected chi connectivity index (χ0v) is 17.4. The second kappa shape index (κ2) is 7.41. The Balaban J connectivity index is 1.78. The zero-order valence-electron chi connectivity index (χ0n) is 16.6. The molecule has 0 bridgehead atoms. The third-order valence-electron chi connectivity index (χ3n) is 4.65. The molecule has 2 aromatic carbocycles. The summed E-state index contributed by atoms with van der Waals surface area (Å²) in [5.41, 5.74) is 2.34. The number of hydrogen-bond donors (Lipinski definition) is 1. The molecule has 0 amide bonds. The highest BCUT2D eigenvalue weighted by Gasteiger charge is 2.30. The highest BCUT2D eigenvalue weighted by molar-refractivity contribution is 7.92. The summed E-state index contributed by atoms with van der Waals surface area (Å²) in [7, 11) is -1.70. The fourth-order valence-corrected chi connectivity index (χ4v) is 3.86. The van der Waals surface area contributed by atoms with Gasteiger partial charge in [-0.2, -0.15) is 23.4 Å². The topological polar surface area (TPSA) is 81.8 Å². The van der Waals surface area contributed by atoms with Gasteiger partial charge in [-0.1, -0.05) is 12.1 Å². The van der Waals surface area contributed by atoms with E-state index in [1.165, 1.54) is 12.1 Å². The number of sulfonamides is 1. The predicted octanol–water partition coefficient (Wildman–Crippen LogP) is 3.88. The van der Waals surface area contributed by atoms with Gasteiger partial charge in [0.25, 0.3) is 0 Å². The van der Waals surface area contributed by atoms with E-state index in [0.717, 1.165) is 24.0 Å². The van der Waals surface area contributed by atoms with E-state index in [1.54, 1.807) is 47.0 Å². The third kappa shape index (κ3) is 4.55. The van der Waals surface area contributed by atoms with Crippen LogP contribution in [0, 0.1) is 0 Å². The minimum atomic E-state index is -4.40. The molecule has 0 aliphatic rings. The van der Waals surface area contributed by atoms with Crippen molar-refractivity contribution in [2.24, 2.45) is 7.05 Å². The zero-order chi connectivity index (χ0) is 22.4. The Morgan fingerprint density at radius 1 is 1.10 bits per heavy atom. The molecule has 0 atom stereocenters. The van der Waals surface area contributed by atoms with Crippen molar-refractivity contribution in [1.82, 2.24) is 19.6 Å². The van der Waals surface area contributed by atoms with Crippen LogP contribution in [0.1, 0.15) is 11.1 Å². The van der Waals surface area contributed by atoms with Crippen molar-refractivity contribution < 1.29 is 21.6 Å². The van der Waals surface area contributed by atoms with Gasteiger partial charge in [-0.3, -0.25) is 14.1 Å². The van der Waals surface area contributed by atoms with Crippen LogP contribution in [0.2, 0.25) is 0 Å². The minimum Gasteiger partial charge on any atom is -0.284 e. The summed E-state index contributed by atoms with van der Waals surface area (Å²) in [6.07, 6.45) is 0.0858. The van der Waals surface area contributed by atoms with Crippen molar-refractivity contribution in [3.63, 3.8) is 0 Å². The van der Waals surface area contributed by atoms with Gasteiger partial charge in [0.1, 0.15) is 5.69 Å². The van der Waals surface area contributed by atoms with E-state index in [4.69, 9.17) is 0 Å². The van der Waals surface area contributed by atoms with Crippen LogP contribution in [0.4, 0.5) is 18.9 Å². The van der Waals surface area contributed by atoms with Crippen molar-refractivity contribution in [3.05, 3.63) is 66.0 Å². The van der Waals surface area contributed by atoms with Crippen LogP contribution >= 0.6 is 0 Å². The number of nitrogens with one attached hydrogen (secondary N) is 1. The maximum atomic E-state index is 12.8. The van der Waals surface area contributed by atoms with Crippen LogP contribution in [0.3, 0.4) is 0 Å². The number of aryl methyl sites for hydroxylation is 1. The number of fused-ring (bicyclic) bond motifs is 1. The first-order chi connectivity index (χ1) is 14.5. The lowest BCUT2D eigenvalue weighted by Crippen LogP contribution is -2.09. The summed E-state index contributed by atoms with van der Waals surface area (Å²) in [5, 5.41) is 9.49. The largest absolute Gasteiger partial charge is 0.416 e. The summed E-state index contributed by atoms with van der Waals surface area (Å²) >= 11 is 0. The molecule has 0 radical (unpaired) electrons. The van der Waals surface area contributed by atoms with Gasteiger partial charge in [0, 0.05) is 29.9 Å². The van der Waals surface area contributed by atoms with Gasteiger partial charge in [0.15, 0.2) is 0 Å². The van der Waals surface area contributed by atoms with Gasteiger partial charge in [0.05, 0.1) is 30.1 Å². The van der Waals surface area contributed by atoms with E-state index in [9.17, 15) is 21.6 Å². The van der Waals surface area contributed by atoms with E-state index in [1.807, 2.05) is 0 Å². The Hall–Kier alpha value is -3.34. The normalized spacial score (nSPS) is 12.4. The number of nitrogens with zero attached hydrogens (tertiary/aromatic N) is 4. The Labute approximate surface area is 176 Å². The molecule has 0 aliphatic heterocycles. The van der Waals surface area contributed by atoms with Crippen LogP contribution in [0.5, 0.6) is 0 Å². The quantitative estimate of drug-likeness (QED) is 0.502. The lowest BCUT2D eigenvalue weighted by atomic mass is 10.1. The summed E-state index contributed by atoms with van der Waals surface area (Å²) < 4.78 is 67.4. The maximum absolute atomic E-state index is 12.8. The first kappa shape index (κ1) is 20.9. The number of rotatable bonds is 5. The molecule has 4 rings (SSSR count). The molecule has 0 unspecified atom stereocenters. The highest BCUT2D eigenvalue weighted by atomic mass is 32.2. The number of aromatic nitrogens is 4.